The van der Waals surface area contributed by atoms with Crippen LogP contribution < -0.4 is 15.0 Å². The number of allylic oxidation sites excluding steroid dienone is 1. The molecule has 1 heterocycles. The van der Waals surface area contributed by atoms with Crippen LogP contribution in [0.25, 0.3) is 0 Å². The molecule has 0 saturated carbocycles. The normalized spacial score (nSPS) is 19.4. The first-order valence-electron chi connectivity index (χ1n) is 10.5. The number of anilines is 2. The van der Waals surface area contributed by atoms with Gasteiger partial charge in [-0.05, 0) is 75.8 Å². The van der Waals surface area contributed by atoms with Crippen LogP contribution in [0, 0.1) is 5.82 Å². The van der Waals surface area contributed by atoms with Gasteiger partial charge in [0.05, 0.1) is 0 Å². The first-order chi connectivity index (χ1) is 14.4. The Hall–Kier alpha value is -2.57. The van der Waals surface area contributed by atoms with E-state index in [1.54, 1.807) is 12.1 Å². The van der Waals surface area contributed by atoms with E-state index in [-0.39, 0.29) is 5.75 Å². The van der Waals surface area contributed by atoms with Crippen LogP contribution in [0.15, 0.2) is 53.6 Å². The Morgan fingerprint density at radius 3 is 2.57 bits per heavy atom. The molecule has 4 rings (SSSR count). The zero-order valence-corrected chi connectivity index (χ0v) is 17.9. The van der Waals surface area contributed by atoms with Crippen LogP contribution in [0.1, 0.15) is 31.6 Å². The van der Waals surface area contributed by atoms with Gasteiger partial charge in [0, 0.05) is 36.1 Å². The first-order valence-corrected chi connectivity index (χ1v) is 10.5. The molecule has 1 fully saturated rings. The van der Waals surface area contributed by atoms with Crippen molar-refractivity contribution in [1.82, 2.24) is 4.90 Å². The van der Waals surface area contributed by atoms with Gasteiger partial charge in [-0.1, -0.05) is 11.6 Å². The Balaban J connectivity index is 1.34. The average molecular weight is 412 g/mol. The van der Waals surface area contributed by atoms with Crippen LogP contribution in [-0.4, -0.2) is 49.8 Å². The minimum Gasteiger partial charge on any atom is -0.486 e. The highest BCUT2D eigenvalue weighted by molar-refractivity contribution is 5.56. The molecule has 2 atom stereocenters. The van der Waals surface area contributed by atoms with Crippen molar-refractivity contribution in [3.63, 3.8) is 0 Å². The van der Waals surface area contributed by atoms with Crippen molar-refractivity contribution in [1.29, 1.82) is 0 Å². The van der Waals surface area contributed by atoms with E-state index < -0.39 is 12.0 Å². The van der Waals surface area contributed by atoms with Gasteiger partial charge in [-0.2, -0.15) is 0 Å². The minimum atomic E-state index is -1.00. The molecule has 5 nitrogen and oxygen atoms in total. The lowest BCUT2D eigenvalue weighted by Crippen LogP contribution is -2.31. The molecule has 1 aliphatic heterocycles. The molecule has 6 heteroatoms. The van der Waals surface area contributed by atoms with Gasteiger partial charge in [-0.15, -0.1) is 0 Å². The third-order valence-electron chi connectivity index (χ3n) is 6.06. The number of aliphatic hydroxyl groups excluding tert-OH is 1. The minimum absolute atomic E-state index is 0.212. The smallest absolute Gasteiger partial charge is 0.165 e. The SMILES string of the molecule is CC1=C(COc2ccc(C(O)Nc3ccc(N4CCC(N(C)C)C4)cc3)cc2F)C1. The number of halogens is 1. The van der Waals surface area contributed by atoms with Gasteiger partial charge in [0.15, 0.2) is 17.8 Å². The predicted octanol–water partition coefficient (Wildman–Crippen LogP) is 4.17. The number of benzene rings is 2. The van der Waals surface area contributed by atoms with E-state index in [0.29, 0.717) is 18.2 Å². The number of rotatable bonds is 8. The predicted molar refractivity (Wildman–Crippen MR) is 119 cm³/mol. The first kappa shape index (κ1) is 20.7. The zero-order valence-electron chi connectivity index (χ0n) is 17.9. The molecular weight excluding hydrogens is 381 g/mol. The molecular formula is C24H30FN3O2. The fourth-order valence-corrected chi connectivity index (χ4v) is 3.83. The molecule has 0 amide bonds. The zero-order chi connectivity index (χ0) is 21.3. The van der Waals surface area contributed by atoms with Crippen molar-refractivity contribution in [3.8, 4) is 5.75 Å². The molecule has 1 saturated heterocycles. The Kier molecular flexibility index (Phi) is 5.97. The van der Waals surface area contributed by atoms with E-state index in [0.717, 1.165) is 31.6 Å². The molecule has 2 N–H and O–H groups in total. The number of hydrogen-bond acceptors (Lipinski definition) is 5. The van der Waals surface area contributed by atoms with Crippen LogP contribution in [0.4, 0.5) is 15.8 Å². The van der Waals surface area contributed by atoms with E-state index >= 15 is 0 Å². The van der Waals surface area contributed by atoms with Crippen LogP contribution >= 0.6 is 0 Å². The molecule has 30 heavy (non-hydrogen) atoms. The number of nitrogens with one attached hydrogen (secondary N) is 1. The summed E-state index contributed by atoms with van der Waals surface area (Å²) in [4.78, 5) is 4.64. The summed E-state index contributed by atoms with van der Waals surface area (Å²) in [5.41, 5.74) is 4.97. The van der Waals surface area contributed by atoms with Gasteiger partial charge < -0.3 is 25.0 Å². The quantitative estimate of drug-likeness (QED) is 0.504. The molecule has 0 spiro atoms. The summed E-state index contributed by atoms with van der Waals surface area (Å²) in [7, 11) is 4.24. The summed E-state index contributed by atoms with van der Waals surface area (Å²) < 4.78 is 19.9. The number of ether oxygens (including phenoxy) is 1. The maximum atomic E-state index is 14.3. The average Bonchev–Trinajstić information content (AvgIpc) is 3.22. The van der Waals surface area contributed by atoms with Gasteiger partial charge in [0.2, 0.25) is 0 Å². The van der Waals surface area contributed by atoms with Crippen molar-refractivity contribution in [2.75, 3.05) is 44.0 Å². The highest BCUT2D eigenvalue weighted by Crippen LogP contribution is 2.31. The van der Waals surface area contributed by atoms with E-state index in [2.05, 4.69) is 48.3 Å². The molecule has 0 bridgehead atoms. The standard InChI is InChI=1S/C24H30FN3O2/c1-16-12-18(16)15-30-23-9-4-17(13-22(23)25)24(29)26-19-5-7-20(8-6-19)28-11-10-21(14-28)27(2)3/h4-9,13,21,24,26,29H,10-12,14-15H2,1-3H3. The Bertz CT molecular complexity index is 927. The lowest BCUT2D eigenvalue weighted by molar-refractivity contribution is 0.207. The second kappa shape index (κ2) is 8.66. The number of nitrogens with zero attached hydrogens (tertiary/aromatic N) is 2. The van der Waals surface area contributed by atoms with Crippen LogP contribution in [0.3, 0.4) is 0 Å². The molecule has 2 aliphatic rings. The van der Waals surface area contributed by atoms with Gasteiger partial charge in [0.25, 0.3) is 0 Å². The summed E-state index contributed by atoms with van der Waals surface area (Å²) in [6.45, 7) is 4.55. The monoisotopic (exact) mass is 411 g/mol. The highest BCUT2D eigenvalue weighted by atomic mass is 19.1. The molecule has 0 radical (unpaired) electrons. The van der Waals surface area contributed by atoms with Crippen LogP contribution in [-0.2, 0) is 0 Å². The van der Waals surface area contributed by atoms with Crippen LogP contribution in [0.5, 0.6) is 5.75 Å². The molecule has 1 aliphatic carbocycles. The van der Waals surface area contributed by atoms with E-state index in [9.17, 15) is 9.50 Å². The summed E-state index contributed by atoms with van der Waals surface area (Å²) in [6, 6.07) is 13.2. The van der Waals surface area contributed by atoms with E-state index in [4.69, 9.17) is 4.74 Å². The third kappa shape index (κ3) is 4.77. The fraction of sp³-hybridized carbons (Fsp3) is 0.417. The third-order valence-corrected chi connectivity index (χ3v) is 6.06. The summed E-state index contributed by atoms with van der Waals surface area (Å²) in [6.07, 6.45) is 1.14. The van der Waals surface area contributed by atoms with E-state index in [1.807, 2.05) is 12.1 Å². The molecule has 2 unspecified atom stereocenters. The highest BCUT2D eigenvalue weighted by Gasteiger charge is 2.24. The Morgan fingerprint density at radius 1 is 1.23 bits per heavy atom. The van der Waals surface area contributed by atoms with Gasteiger partial charge in [-0.25, -0.2) is 4.39 Å². The van der Waals surface area contributed by atoms with Crippen molar-refractivity contribution >= 4 is 11.4 Å². The summed E-state index contributed by atoms with van der Waals surface area (Å²) in [5.74, 6) is -0.253. The molecule has 160 valence electrons. The Morgan fingerprint density at radius 2 is 1.97 bits per heavy atom. The number of aliphatic hydroxyl groups is 1. The lowest BCUT2D eigenvalue weighted by Gasteiger charge is -2.22. The van der Waals surface area contributed by atoms with Gasteiger partial charge >= 0.3 is 0 Å². The van der Waals surface area contributed by atoms with Crippen molar-refractivity contribution in [2.24, 2.45) is 0 Å². The molecule has 2 aromatic rings. The maximum absolute atomic E-state index is 14.3. The van der Waals surface area contributed by atoms with Gasteiger partial charge in [-0.3, -0.25) is 0 Å². The summed E-state index contributed by atoms with van der Waals surface area (Å²) in [5, 5.41) is 13.5. The second-order valence-corrected chi connectivity index (χ2v) is 8.49. The second-order valence-electron chi connectivity index (χ2n) is 8.49. The topological polar surface area (TPSA) is 48.0 Å². The maximum Gasteiger partial charge on any atom is 0.165 e. The number of hydrogen-bond donors (Lipinski definition) is 2. The molecule has 2 aromatic carbocycles. The summed E-state index contributed by atoms with van der Waals surface area (Å²) >= 11 is 0. The van der Waals surface area contributed by atoms with Crippen molar-refractivity contribution in [2.45, 2.75) is 32.0 Å². The van der Waals surface area contributed by atoms with Crippen molar-refractivity contribution in [3.05, 3.63) is 65.0 Å². The van der Waals surface area contributed by atoms with Crippen LogP contribution in [0.2, 0.25) is 0 Å². The molecule has 0 aromatic heterocycles. The lowest BCUT2D eigenvalue weighted by atomic mass is 10.1. The Labute approximate surface area is 177 Å². The fourth-order valence-electron chi connectivity index (χ4n) is 3.83. The van der Waals surface area contributed by atoms with Crippen molar-refractivity contribution < 1.29 is 14.2 Å². The number of likely N-dealkylation sites (N-methyl/N-ethyl adjacent to an activating group) is 1. The van der Waals surface area contributed by atoms with E-state index in [1.165, 1.54) is 22.9 Å². The van der Waals surface area contributed by atoms with Gasteiger partial charge in [0.1, 0.15) is 6.61 Å². The largest absolute Gasteiger partial charge is 0.486 e.